The minimum Gasteiger partial charge on any atom is -0.261 e. The fraction of sp³-hybridized carbons (Fsp3) is 0.357. The molecule has 90 valence electrons. The molecule has 0 amide bonds. The van der Waals surface area contributed by atoms with Gasteiger partial charge >= 0.3 is 0 Å². The van der Waals surface area contributed by atoms with Gasteiger partial charge in [0.2, 0.25) is 0 Å². The number of hydrogen-bond acceptors (Lipinski definition) is 2. The van der Waals surface area contributed by atoms with Crippen LogP contribution in [-0.2, 0) is 12.8 Å². The van der Waals surface area contributed by atoms with E-state index in [1.54, 1.807) is 0 Å². The number of aromatic nitrogens is 1. The van der Waals surface area contributed by atoms with Gasteiger partial charge in [-0.3, -0.25) is 4.98 Å². The zero-order valence-electron chi connectivity index (χ0n) is 10.1. The van der Waals surface area contributed by atoms with Crippen molar-refractivity contribution in [3.8, 4) is 0 Å². The van der Waals surface area contributed by atoms with Crippen LogP contribution in [0.15, 0.2) is 29.8 Å². The molecule has 0 aliphatic rings. The van der Waals surface area contributed by atoms with Crippen LogP contribution in [0.4, 0.5) is 0 Å². The van der Waals surface area contributed by atoms with E-state index < -0.39 is 0 Å². The minimum atomic E-state index is 0.381. The Bertz CT molecular complexity index is 492. The van der Waals surface area contributed by atoms with Crippen LogP contribution in [0.25, 0.3) is 0 Å². The first-order chi connectivity index (χ1) is 8.22. The van der Waals surface area contributed by atoms with Gasteiger partial charge in [0.25, 0.3) is 0 Å². The fourth-order valence-electron chi connectivity index (χ4n) is 1.91. The van der Waals surface area contributed by atoms with Gasteiger partial charge < -0.3 is 0 Å². The summed E-state index contributed by atoms with van der Waals surface area (Å²) >= 11 is 5.63. The average molecular weight is 310 g/mol. The molecule has 2 heterocycles. The van der Waals surface area contributed by atoms with Gasteiger partial charge in [0.05, 0.1) is 4.83 Å². The quantitative estimate of drug-likeness (QED) is 0.746. The molecule has 0 aromatic carbocycles. The topological polar surface area (TPSA) is 12.9 Å². The summed E-state index contributed by atoms with van der Waals surface area (Å²) in [6.07, 6.45) is 3.93. The smallest absolute Gasteiger partial charge is 0.0547 e. The van der Waals surface area contributed by atoms with Gasteiger partial charge in [0.1, 0.15) is 0 Å². The van der Waals surface area contributed by atoms with Gasteiger partial charge in [-0.15, -0.1) is 11.3 Å². The lowest BCUT2D eigenvalue weighted by Crippen LogP contribution is -2.00. The molecule has 2 aromatic rings. The third-order valence-corrected chi connectivity index (χ3v) is 5.09. The number of alkyl halides is 1. The van der Waals surface area contributed by atoms with Crippen LogP contribution in [0, 0.1) is 6.92 Å². The molecule has 0 fully saturated rings. The van der Waals surface area contributed by atoms with Crippen molar-refractivity contribution in [2.45, 2.75) is 31.5 Å². The van der Waals surface area contributed by atoms with Gasteiger partial charge in [0, 0.05) is 23.2 Å². The van der Waals surface area contributed by atoms with E-state index in [-0.39, 0.29) is 0 Å². The third-order valence-electron chi connectivity index (χ3n) is 2.94. The standard InChI is InChI=1S/C14H16BrNS/c1-3-11-6-8-17-14(11)12(15)9-13-10(2)5-4-7-16-13/h4-8,12H,3,9H2,1-2H3. The Morgan fingerprint density at radius 2 is 2.24 bits per heavy atom. The predicted octanol–water partition coefficient (Wildman–Crippen LogP) is 4.69. The molecular weight excluding hydrogens is 294 g/mol. The lowest BCUT2D eigenvalue weighted by atomic mass is 10.1. The van der Waals surface area contributed by atoms with Crippen LogP contribution >= 0.6 is 27.3 Å². The summed E-state index contributed by atoms with van der Waals surface area (Å²) in [6, 6.07) is 6.33. The summed E-state index contributed by atoms with van der Waals surface area (Å²) in [5, 5.41) is 2.17. The second kappa shape index (κ2) is 5.78. The lowest BCUT2D eigenvalue weighted by Gasteiger charge is -2.11. The van der Waals surface area contributed by atoms with Crippen LogP contribution in [0.1, 0.15) is 33.4 Å². The highest BCUT2D eigenvalue weighted by molar-refractivity contribution is 9.09. The maximum absolute atomic E-state index is 4.46. The zero-order valence-corrected chi connectivity index (χ0v) is 12.5. The Balaban J connectivity index is 2.17. The van der Waals surface area contributed by atoms with Crippen molar-refractivity contribution in [3.05, 3.63) is 51.5 Å². The number of pyridine rings is 1. The summed E-state index contributed by atoms with van der Waals surface area (Å²) < 4.78 is 0. The van der Waals surface area contributed by atoms with Crippen molar-refractivity contribution in [1.29, 1.82) is 0 Å². The molecule has 0 saturated heterocycles. The van der Waals surface area contributed by atoms with E-state index in [4.69, 9.17) is 0 Å². The fourth-order valence-corrected chi connectivity index (χ4v) is 3.81. The Labute approximate surface area is 115 Å². The monoisotopic (exact) mass is 309 g/mol. The second-order valence-electron chi connectivity index (χ2n) is 4.10. The molecule has 1 nitrogen and oxygen atoms in total. The molecule has 2 aromatic heterocycles. The van der Waals surface area contributed by atoms with Gasteiger partial charge in [-0.1, -0.05) is 28.9 Å². The molecule has 1 unspecified atom stereocenters. The predicted molar refractivity (Wildman–Crippen MR) is 78.0 cm³/mol. The van der Waals surface area contributed by atoms with Gasteiger partial charge in [0.15, 0.2) is 0 Å². The molecule has 3 heteroatoms. The number of thiophene rings is 1. The summed E-state index contributed by atoms with van der Waals surface area (Å²) in [5.41, 5.74) is 3.90. The first-order valence-electron chi connectivity index (χ1n) is 5.83. The molecule has 0 radical (unpaired) electrons. The molecular formula is C14H16BrNS. The van der Waals surface area contributed by atoms with Crippen LogP contribution < -0.4 is 0 Å². The summed E-state index contributed by atoms with van der Waals surface area (Å²) in [7, 11) is 0. The van der Waals surface area contributed by atoms with Crippen molar-refractivity contribution in [2.75, 3.05) is 0 Å². The highest BCUT2D eigenvalue weighted by Crippen LogP contribution is 2.34. The van der Waals surface area contributed by atoms with Gasteiger partial charge in [-0.2, -0.15) is 0 Å². The van der Waals surface area contributed by atoms with Crippen LogP contribution in [0.3, 0.4) is 0 Å². The van der Waals surface area contributed by atoms with E-state index in [2.05, 4.69) is 52.3 Å². The summed E-state index contributed by atoms with van der Waals surface area (Å²) in [6.45, 7) is 4.33. The molecule has 0 spiro atoms. The van der Waals surface area contributed by atoms with E-state index in [0.29, 0.717) is 4.83 Å². The van der Waals surface area contributed by atoms with Gasteiger partial charge in [-0.25, -0.2) is 0 Å². The van der Waals surface area contributed by atoms with Crippen LogP contribution in [-0.4, -0.2) is 4.98 Å². The Kier molecular flexibility index (Phi) is 4.35. The Morgan fingerprint density at radius 1 is 1.41 bits per heavy atom. The molecule has 0 aliphatic heterocycles. The van der Waals surface area contributed by atoms with Crippen LogP contribution in [0.2, 0.25) is 0 Å². The number of halogens is 1. The molecule has 0 aliphatic carbocycles. The maximum atomic E-state index is 4.46. The third kappa shape index (κ3) is 2.96. The number of nitrogens with zero attached hydrogens (tertiary/aromatic N) is 1. The van der Waals surface area contributed by atoms with E-state index in [1.807, 2.05) is 23.6 Å². The second-order valence-corrected chi connectivity index (χ2v) is 6.16. The molecule has 0 bridgehead atoms. The Hall–Kier alpha value is -0.670. The average Bonchev–Trinajstić information content (AvgIpc) is 2.80. The summed E-state index contributed by atoms with van der Waals surface area (Å²) in [5.74, 6) is 0. The molecule has 2 rings (SSSR count). The SMILES string of the molecule is CCc1ccsc1C(Br)Cc1ncccc1C. The van der Waals surface area contributed by atoms with Gasteiger partial charge in [-0.05, 0) is 42.0 Å². The van der Waals surface area contributed by atoms with Crippen molar-refractivity contribution < 1.29 is 0 Å². The minimum absolute atomic E-state index is 0.381. The van der Waals surface area contributed by atoms with E-state index >= 15 is 0 Å². The normalized spacial score (nSPS) is 12.6. The summed E-state index contributed by atoms with van der Waals surface area (Å²) in [4.78, 5) is 6.28. The highest BCUT2D eigenvalue weighted by Gasteiger charge is 2.15. The molecule has 0 N–H and O–H groups in total. The molecule has 0 saturated carbocycles. The largest absolute Gasteiger partial charge is 0.261 e. The number of rotatable bonds is 4. The first-order valence-corrected chi connectivity index (χ1v) is 7.62. The van der Waals surface area contributed by atoms with E-state index in [0.717, 1.165) is 12.8 Å². The maximum Gasteiger partial charge on any atom is 0.0547 e. The van der Waals surface area contributed by atoms with Crippen molar-refractivity contribution in [2.24, 2.45) is 0 Å². The zero-order chi connectivity index (χ0) is 12.3. The number of hydrogen-bond donors (Lipinski definition) is 0. The van der Waals surface area contributed by atoms with E-state index in [9.17, 15) is 0 Å². The van der Waals surface area contributed by atoms with Crippen molar-refractivity contribution in [3.63, 3.8) is 0 Å². The lowest BCUT2D eigenvalue weighted by molar-refractivity contribution is 0.893. The van der Waals surface area contributed by atoms with Crippen molar-refractivity contribution >= 4 is 27.3 Å². The van der Waals surface area contributed by atoms with Crippen molar-refractivity contribution in [1.82, 2.24) is 4.98 Å². The molecule has 1 atom stereocenters. The first kappa shape index (κ1) is 12.8. The van der Waals surface area contributed by atoms with E-state index in [1.165, 1.54) is 21.7 Å². The number of aryl methyl sites for hydroxylation is 2. The highest BCUT2D eigenvalue weighted by atomic mass is 79.9. The Morgan fingerprint density at radius 3 is 2.94 bits per heavy atom. The molecule has 17 heavy (non-hydrogen) atoms. The van der Waals surface area contributed by atoms with Crippen LogP contribution in [0.5, 0.6) is 0 Å².